The summed E-state index contributed by atoms with van der Waals surface area (Å²) in [5.74, 6) is 3.15. The number of hydrogen-bond acceptors (Lipinski definition) is 4. The van der Waals surface area contributed by atoms with Gasteiger partial charge in [0.1, 0.15) is 23.0 Å². The molecule has 0 radical (unpaired) electrons. The van der Waals surface area contributed by atoms with E-state index in [1.165, 1.54) is 11.1 Å². The van der Waals surface area contributed by atoms with Crippen LogP contribution in [0.1, 0.15) is 39.8 Å². The summed E-state index contributed by atoms with van der Waals surface area (Å²) in [6.07, 6.45) is 3.87. The van der Waals surface area contributed by atoms with Crippen molar-refractivity contribution in [3.63, 3.8) is 0 Å². The summed E-state index contributed by atoms with van der Waals surface area (Å²) in [5.41, 5.74) is 3.19. The SMILES string of the molecule is O=C(c1cn2c(n1)CCC(c1ccc(Oc3ccccc3)cc1)C2)N1CCN(Cc2ccccc2)CC1. The molecule has 0 saturated carbocycles. The Balaban J connectivity index is 1.05. The number of ether oxygens (including phenoxy) is 1. The van der Waals surface area contributed by atoms with E-state index in [4.69, 9.17) is 9.72 Å². The lowest BCUT2D eigenvalue weighted by molar-refractivity contribution is 0.0623. The van der Waals surface area contributed by atoms with Crippen LogP contribution in [0, 0.1) is 0 Å². The first-order valence-corrected chi connectivity index (χ1v) is 13.2. The Hall–Kier alpha value is -3.90. The van der Waals surface area contributed by atoms with Gasteiger partial charge < -0.3 is 14.2 Å². The van der Waals surface area contributed by atoms with Crippen LogP contribution in [-0.2, 0) is 19.5 Å². The van der Waals surface area contributed by atoms with Gasteiger partial charge in [0.2, 0.25) is 0 Å². The Morgan fingerprint density at radius 2 is 1.51 bits per heavy atom. The quantitative estimate of drug-likeness (QED) is 0.363. The zero-order valence-electron chi connectivity index (χ0n) is 21.0. The van der Waals surface area contributed by atoms with Crippen LogP contribution in [0.25, 0.3) is 0 Å². The Bertz CT molecular complexity index is 1330. The molecule has 2 aliphatic rings. The Morgan fingerprint density at radius 1 is 0.838 bits per heavy atom. The van der Waals surface area contributed by atoms with E-state index in [1.807, 2.05) is 59.6 Å². The summed E-state index contributed by atoms with van der Waals surface area (Å²) < 4.78 is 8.12. The van der Waals surface area contributed by atoms with E-state index in [9.17, 15) is 4.79 Å². The predicted octanol–water partition coefficient (Wildman–Crippen LogP) is 5.36. The van der Waals surface area contributed by atoms with Crippen LogP contribution in [0.15, 0.2) is 91.1 Å². The predicted molar refractivity (Wildman–Crippen MR) is 144 cm³/mol. The van der Waals surface area contributed by atoms with Gasteiger partial charge in [-0.1, -0.05) is 60.7 Å². The third-order valence-corrected chi connectivity index (χ3v) is 7.45. The first-order valence-electron chi connectivity index (χ1n) is 13.2. The molecule has 1 amide bonds. The fourth-order valence-corrected chi connectivity index (χ4v) is 5.36. The highest BCUT2D eigenvalue weighted by Crippen LogP contribution is 2.31. The summed E-state index contributed by atoms with van der Waals surface area (Å²) in [7, 11) is 0. The minimum absolute atomic E-state index is 0.0558. The second-order valence-electron chi connectivity index (χ2n) is 9.97. The fourth-order valence-electron chi connectivity index (χ4n) is 5.36. The molecule has 1 aromatic heterocycles. The zero-order chi connectivity index (χ0) is 25.0. The number of carbonyl (C=O) groups is 1. The lowest BCUT2D eigenvalue weighted by atomic mass is 9.91. The largest absolute Gasteiger partial charge is 0.457 e. The van der Waals surface area contributed by atoms with E-state index in [0.29, 0.717) is 11.6 Å². The molecule has 6 heteroatoms. The van der Waals surface area contributed by atoms with Crippen LogP contribution in [0.3, 0.4) is 0 Å². The van der Waals surface area contributed by atoms with E-state index < -0.39 is 0 Å². The molecule has 4 aromatic rings. The van der Waals surface area contributed by atoms with Gasteiger partial charge in [-0.3, -0.25) is 9.69 Å². The van der Waals surface area contributed by atoms with Crippen molar-refractivity contribution in [3.8, 4) is 11.5 Å². The standard InChI is InChI=1S/C31H32N4O2/c36-31(34-19-17-33(18-20-34)21-24-7-3-1-4-8-24)29-23-35-22-26(13-16-30(35)32-29)25-11-14-28(15-12-25)37-27-9-5-2-6-10-27/h1-12,14-15,23,26H,13,16-22H2. The Morgan fingerprint density at radius 3 is 2.24 bits per heavy atom. The van der Waals surface area contributed by atoms with E-state index in [1.54, 1.807) is 0 Å². The van der Waals surface area contributed by atoms with Gasteiger partial charge in [-0.05, 0) is 41.8 Å². The monoisotopic (exact) mass is 492 g/mol. The van der Waals surface area contributed by atoms with Gasteiger partial charge in [0.15, 0.2) is 0 Å². The molecule has 1 unspecified atom stereocenters. The van der Waals surface area contributed by atoms with E-state index in [-0.39, 0.29) is 5.91 Å². The lowest BCUT2D eigenvalue weighted by Crippen LogP contribution is -2.48. The van der Waals surface area contributed by atoms with E-state index in [2.05, 4.69) is 45.9 Å². The summed E-state index contributed by atoms with van der Waals surface area (Å²) in [6, 6.07) is 28.8. The van der Waals surface area contributed by atoms with Gasteiger partial charge in [0.25, 0.3) is 5.91 Å². The number of imidazole rings is 1. The number of fused-ring (bicyclic) bond motifs is 1. The maximum atomic E-state index is 13.2. The highest BCUT2D eigenvalue weighted by atomic mass is 16.5. The highest BCUT2D eigenvalue weighted by Gasteiger charge is 2.27. The minimum atomic E-state index is 0.0558. The van der Waals surface area contributed by atoms with Crippen molar-refractivity contribution in [3.05, 3.63) is 114 Å². The number of para-hydroxylation sites is 1. The second-order valence-corrected chi connectivity index (χ2v) is 9.97. The molecule has 3 aromatic carbocycles. The maximum absolute atomic E-state index is 13.2. The maximum Gasteiger partial charge on any atom is 0.274 e. The lowest BCUT2D eigenvalue weighted by Gasteiger charge is -2.34. The third kappa shape index (κ3) is 5.44. The number of hydrogen-bond donors (Lipinski definition) is 0. The van der Waals surface area contributed by atoms with Crippen LogP contribution < -0.4 is 4.74 Å². The molecule has 0 spiro atoms. The van der Waals surface area contributed by atoms with Crippen molar-refractivity contribution in [2.24, 2.45) is 0 Å². The average molecular weight is 493 g/mol. The topological polar surface area (TPSA) is 50.6 Å². The molecule has 1 saturated heterocycles. The Labute approximate surface area is 218 Å². The summed E-state index contributed by atoms with van der Waals surface area (Å²) in [6.45, 7) is 5.05. The van der Waals surface area contributed by atoms with Gasteiger partial charge in [0, 0.05) is 57.8 Å². The van der Waals surface area contributed by atoms with Crippen LogP contribution in [-0.4, -0.2) is 51.4 Å². The van der Waals surface area contributed by atoms with Gasteiger partial charge in [0.05, 0.1) is 0 Å². The molecule has 6 nitrogen and oxygen atoms in total. The fraction of sp³-hybridized carbons (Fsp3) is 0.290. The van der Waals surface area contributed by atoms with Crippen LogP contribution in [0.4, 0.5) is 0 Å². The second kappa shape index (κ2) is 10.6. The minimum Gasteiger partial charge on any atom is -0.457 e. The van der Waals surface area contributed by atoms with E-state index in [0.717, 1.165) is 69.4 Å². The molecule has 2 aliphatic heterocycles. The van der Waals surface area contributed by atoms with Crippen LogP contribution in [0.5, 0.6) is 11.5 Å². The molecule has 0 aliphatic carbocycles. The molecule has 1 fully saturated rings. The van der Waals surface area contributed by atoms with E-state index >= 15 is 0 Å². The molecule has 188 valence electrons. The van der Waals surface area contributed by atoms with Gasteiger partial charge in [-0.2, -0.15) is 0 Å². The first-order chi connectivity index (χ1) is 18.2. The highest BCUT2D eigenvalue weighted by molar-refractivity contribution is 5.92. The number of amides is 1. The number of benzene rings is 3. The normalized spacial score (nSPS) is 17.8. The molecular formula is C31H32N4O2. The number of rotatable bonds is 6. The molecule has 3 heterocycles. The molecule has 1 atom stereocenters. The third-order valence-electron chi connectivity index (χ3n) is 7.45. The molecule has 6 rings (SSSR count). The van der Waals surface area contributed by atoms with Crippen molar-refractivity contribution in [2.45, 2.75) is 31.8 Å². The van der Waals surface area contributed by atoms with Crippen molar-refractivity contribution in [1.29, 1.82) is 0 Å². The van der Waals surface area contributed by atoms with Gasteiger partial charge in [-0.15, -0.1) is 0 Å². The van der Waals surface area contributed by atoms with Gasteiger partial charge >= 0.3 is 0 Å². The van der Waals surface area contributed by atoms with Crippen molar-refractivity contribution in [1.82, 2.24) is 19.4 Å². The number of carbonyl (C=O) groups excluding carboxylic acids is 1. The first kappa shape index (κ1) is 23.5. The summed E-state index contributed by atoms with van der Waals surface area (Å²) in [4.78, 5) is 22.4. The number of aryl methyl sites for hydroxylation is 1. The number of piperazine rings is 1. The summed E-state index contributed by atoms with van der Waals surface area (Å²) in [5, 5.41) is 0. The Kier molecular flexibility index (Phi) is 6.74. The smallest absolute Gasteiger partial charge is 0.274 e. The number of nitrogens with zero attached hydrogens (tertiary/aromatic N) is 4. The average Bonchev–Trinajstić information content (AvgIpc) is 3.38. The molecular weight excluding hydrogens is 460 g/mol. The van der Waals surface area contributed by atoms with Crippen molar-refractivity contribution >= 4 is 5.91 Å². The number of aromatic nitrogens is 2. The molecule has 37 heavy (non-hydrogen) atoms. The van der Waals surface area contributed by atoms with Gasteiger partial charge in [-0.25, -0.2) is 4.98 Å². The van der Waals surface area contributed by atoms with Crippen LogP contribution in [0.2, 0.25) is 0 Å². The molecule has 0 N–H and O–H groups in total. The summed E-state index contributed by atoms with van der Waals surface area (Å²) >= 11 is 0. The molecule has 0 bridgehead atoms. The van der Waals surface area contributed by atoms with Crippen molar-refractivity contribution < 1.29 is 9.53 Å². The van der Waals surface area contributed by atoms with Crippen LogP contribution >= 0.6 is 0 Å². The zero-order valence-corrected chi connectivity index (χ0v) is 21.0. The van der Waals surface area contributed by atoms with Crippen molar-refractivity contribution in [2.75, 3.05) is 26.2 Å².